The lowest BCUT2D eigenvalue weighted by Gasteiger charge is -2.08. The molecule has 0 atom stereocenters. The number of benzene rings is 2. The second-order valence-corrected chi connectivity index (χ2v) is 10.1. The van der Waals surface area contributed by atoms with E-state index in [4.69, 9.17) is 4.98 Å². The van der Waals surface area contributed by atoms with E-state index in [0.717, 1.165) is 53.3 Å². The van der Waals surface area contributed by atoms with Crippen LogP contribution in [0.25, 0.3) is 64.4 Å². The minimum atomic E-state index is -0.136. The van der Waals surface area contributed by atoms with Crippen molar-refractivity contribution in [1.29, 1.82) is 0 Å². The highest BCUT2D eigenvalue weighted by Gasteiger charge is 2.14. The van der Waals surface area contributed by atoms with Gasteiger partial charge in [-0.2, -0.15) is 5.10 Å². The number of nitrogens with zero attached hydrogens (tertiary/aromatic N) is 5. The fourth-order valence-corrected chi connectivity index (χ4v) is 5.99. The molecular formula is C29H17N7OS. The molecule has 180 valence electrons. The number of rotatable bonds is 1. The van der Waals surface area contributed by atoms with Crippen LogP contribution in [0.2, 0.25) is 0 Å². The van der Waals surface area contributed by atoms with Crippen molar-refractivity contribution >= 4 is 81.7 Å². The van der Waals surface area contributed by atoms with Crippen LogP contribution < -0.4 is 0 Å². The molecule has 0 radical (unpaired) electrons. The minimum Gasteiger partial charge on any atom is -0.337 e. The van der Waals surface area contributed by atoms with Crippen molar-refractivity contribution in [3.05, 3.63) is 97.0 Å². The van der Waals surface area contributed by atoms with Crippen molar-refractivity contribution < 1.29 is 4.79 Å². The molecule has 6 heterocycles. The molecular weight excluding hydrogens is 494 g/mol. The molecule has 0 aliphatic carbocycles. The third-order valence-corrected chi connectivity index (χ3v) is 7.87. The predicted octanol–water partition coefficient (Wildman–Crippen LogP) is 6.52. The maximum atomic E-state index is 13.9. The zero-order chi connectivity index (χ0) is 25.2. The summed E-state index contributed by atoms with van der Waals surface area (Å²) in [5.74, 6) is -0.136. The number of nitrogens with one attached hydrogen (secondary N) is 2. The third-order valence-electron chi connectivity index (χ3n) is 6.76. The second-order valence-electron chi connectivity index (χ2n) is 9.05. The normalized spacial score (nSPS) is 11.8. The van der Waals surface area contributed by atoms with Gasteiger partial charge in [0.05, 0.1) is 40.0 Å². The molecule has 0 saturated heterocycles. The smallest absolute Gasteiger partial charge is 0.263 e. The number of aromatic nitrogens is 7. The first-order valence-corrected chi connectivity index (χ1v) is 12.8. The Morgan fingerprint density at radius 1 is 0.842 bits per heavy atom. The van der Waals surface area contributed by atoms with Gasteiger partial charge < -0.3 is 4.98 Å². The van der Waals surface area contributed by atoms with Gasteiger partial charge in [0.15, 0.2) is 5.65 Å². The number of thiophene rings is 1. The van der Waals surface area contributed by atoms with Crippen LogP contribution in [0, 0.1) is 0 Å². The lowest BCUT2D eigenvalue weighted by atomic mass is 10.2. The molecule has 9 heteroatoms. The van der Waals surface area contributed by atoms with Gasteiger partial charge in [-0.1, -0.05) is 30.3 Å². The van der Waals surface area contributed by atoms with Crippen LogP contribution in [0.15, 0.2) is 91.4 Å². The zero-order valence-corrected chi connectivity index (χ0v) is 20.5. The van der Waals surface area contributed by atoms with Crippen molar-refractivity contribution in [1.82, 2.24) is 34.7 Å². The van der Waals surface area contributed by atoms with Crippen LogP contribution in [0.4, 0.5) is 0 Å². The fraction of sp³-hybridized carbons (Fsp3) is 0. The average molecular weight is 512 g/mol. The van der Waals surface area contributed by atoms with Crippen molar-refractivity contribution in [3.63, 3.8) is 0 Å². The highest BCUT2D eigenvalue weighted by atomic mass is 32.1. The third kappa shape index (κ3) is 3.12. The summed E-state index contributed by atoms with van der Waals surface area (Å²) in [5, 5.41) is 10.3. The maximum absolute atomic E-state index is 13.9. The summed E-state index contributed by atoms with van der Waals surface area (Å²) in [7, 11) is 0. The molecule has 8 rings (SSSR count). The molecule has 8 aromatic rings. The van der Waals surface area contributed by atoms with E-state index < -0.39 is 0 Å². The van der Waals surface area contributed by atoms with Gasteiger partial charge in [-0.15, -0.1) is 11.3 Å². The summed E-state index contributed by atoms with van der Waals surface area (Å²) < 4.78 is 2.72. The molecule has 0 aliphatic heterocycles. The molecule has 8 nitrogen and oxygen atoms in total. The number of aromatic amines is 2. The molecule has 0 unspecified atom stereocenters. The number of hydrogen-bond acceptors (Lipinski definition) is 6. The van der Waals surface area contributed by atoms with E-state index in [-0.39, 0.29) is 5.91 Å². The Morgan fingerprint density at radius 3 is 2.68 bits per heavy atom. The summed E-state index contributed by atoms with van der Waals surface area (Å²) in [4.78, 5) is 32.3. The number of carbonyl (C=O) groups is 1. The second kappa shape index (κ2) is 7.92. The summed E-state index contributed by atoms with van der Waals surface area (Å²) in [6.07, 6.45) is 5.23. The molecule has 38 heavy (non-hydrogen) atoms. The fourth-order valence-electron chi connectivity index (χ4n) is 4.94. The number of para-hydroxylation sites is 1. The van der Waals surface area contributed by atoms with Gasteiger partial charge in [-0.25, -0.2) is 4.98 Å². The lowest BCUT2D eigenvalue weighted by Crippen LogP contribution is -2.12. The number of hydrogen-bond donors (Lipinski definition) is 2. The number of fused-ring (bicyclic) bond motifs is 9. The van der Waals surface area contributed by atoms with Crippen LogP contribution in [-0.4, -0.2) is 40.6 Å². The Labute approximate surface area is 217 Å². The van der Waals surface area contributed by atoms with Gasteiger partial charge in [-0.3, -0.25) is 24.4 Å². The maximum Gasteiger partial charge on any atom is 0.263 e. The number of carbonyl (C=O) groups excluding carboxylic acids is 1. The zero-order valence-electron chi connectivity index (χ0n) is 19.7. The van der Waals surface area contributed by atoms with E-state index in [1.165, 1.54) is 11.3 Å². The topological polar surface area (TPSA) is 105 Å². The molecule has 8 bridgehead atoms. The van der Waals surface area contributed by atoms with E-state index >= 15 is 0 Å². The molecule has 0 aliphatic rings. The van der Waals surface area contributed by atoms with Crippen LogP contribution in [0.1, 0.15) is 10.4 Å². The predicted molar refractivity (Wildman–Crippen MR) is 151 cm³/mol. The van der Waals surface area contributed by atoms with Crippen LogP contribution in [-0.2, 0) is 0 Å². The first kappa shape index (κ1) is 21.0. The summed E-state index contributed by atoms with van der Waals surface area (Å²) in [6.45, 7) is 0. The van der Waals surface area contributed by atoms with Crippen molar-refractivity contribution in [2.45, 2.75) is 0 Å². The summed E-state index contributed by atoms with van der Waals surface area (Å²) in [5.41, 5.74) is 5.94. The van der Waals surface area contributed by atoms with E-state index in [1.807, 2.05) is 66.7 Å². The molecule has 2 aromatic carbocycles. The largest absolute Gasteiger partial charge is 0.337 e. The number of pyridine rings is 2. The van der Waals surface area contributed by atoms with E-state index in [2.05, 4.69) is 31.2 Å². The summed E-state index contributed by atoms with van der Waals surface area (Å²) in [6, 6.07) is 23.3. The highest BCUT2D eigenvalue weighted by molar-refractivity contribution is 7.24. The average Bonchev–Trinajstić information content (AvgIpc) is 3.71. The molecule has 0 saturated carbocycles. The Bertz CT molecular complexity index is 2270. The first-order chi connectivity index (χ1) is 18.7. The van der Waals surface area contributed by atoms with Crippen LogP contribution >= 0.6 is 11.3 Å². The van der Waals surface area contributed by atoms with E-state index in [9.17, 15) is 4.79 Å². The van der Waals surface area contributed by atoms with Gasteiger partial charge in [-0.05, 0) is 42.5 Å². The minimum absolute atomic E-state index is 0.136. The summed E-state index contributed by atoms with van der Waals surface area (Å²) >= 11 is 1.53. The van der Waals surface area contributed by atoms with Crippen molar-refractivity contribution in [3.8, 4) is 0 Å². The standard InChI is InChI=1S/C29H17N7OS/c37-29(16-5-2-1-3-6-16)36-18-11-17(13-30-14-18)22-12-20-23(15-31-22)34-35-27(20)28-32-21-8-4-7-19(26(21)33-28)24-9-10-25(36)38-24/h1-15H,(H,32,33)(H,34,35). The number of imidazole rings is 1. The monoisotopic (exact) mass is 511 g/mol. The van der Waals surface area contributed by atoms with Gasteiger partial charge in [0, 0.05) is 32.6 Å². The molecule has 0 spiro atoms. The van der Waals surface area contributed by atoms with E-state index in [0.29, 0.717) is 16.7 Å². The van der Waals surface area contributed by atoms with Crippen molar-refractivity contribution in [2.24, 2.45) is 0 Å². The Morgan fingerprint density at radius 2 is 1.76 bits per heavy atom. The van der Waals surface area contributed by atoms with Gasteiger partial charge in [0.2, 0.25) is 0 Å². The first-order valence-electron chi connectivity index (χ1n) is 12.0. The SMILES string of the molecule is O=C(c1ccccc1)n1c2cncc(c2)c2cc3c(cn2)[nH]nc3c2nc3c(cccc3c3ccc1s3)[nH]2. The van der Waals surface area contributed by atoms with Gasteiger partial charge >= 0.3 is 0 Å². The Kier molecular flexibility index (Phi) is 4.38. The van der Waals surface area contributed by atoms with Crippen LogP contribution in [0.3, 0.4) is 0 Å². The van der Waals surface area contributed by atoms with Gasteiger partial charge in [0.1, 0.15) is 10.3 Å². The highest BCUT2D eigenvalue weighted by Crippen LogP contribution is 2.30. The molecule has 0 fully saturated rings. The van der Waals surface area contributed by atoms with Crippen LogP contribution in [0.5, 0.6) is 0 Å². The number of H-pyrrole nitrogens is 2. The van der Waals surface area contributed by atoms with Gasteiger partial charge in [0.25, 0.3) is 5.91 Å². The Balaban J connectivity index is 1.61. The molecule has 6 aromatic heterocycles. The Hall–Kier alpha value is -5.15. The molecule has 2 N–H and O–H groups in total. The van der Waals surface area contributed by atoms with Crippen molar-refractivity contribution in [2.75, 3.05) is 0 Å². The molecule has 0 amide bonds. The lowest BCUT2D eigenvalue weighted by molar-refractivity contribution is 0.0969. The quantitative estimate of drug-likeness (QED) is 0.261. The van der Waals surface area contributed by atoms with E-state index in [1.54, 1.807) is 23.2 Å².